The van der Waals surface area contributed by atoms with Crippen molar-refractivity contribution in [2.75, 3.05) is 5.32 Å². The summed E-state index contributed by atoms with van der Waals surface area (Å²) in [5, 5.41) is 4.28. The highest BCUT2D eigenvalue weighted by atomic mass is 19.1. The van der Waals surface area contributed by atoms with Crippen LogP contribution in [0, 0.1) is 5.95 Å². The number of aromatic nitrogens is 2. The van der Waals surface area contributed by atoms with Crippen LogP contribution < -0.4 is 5.32 Å². The van der Waals surface area contributed by atoms with Gasteiger partial charge in [0, 0.05) is 5.39 Å². The first-order valence-corrected chi connectivity index (χ1v) is 6.01. The summed E-state index contributed by atoms with van der Waals surface area (Å²) in [5.41, 5.74) is 2.68. The van der Waals surface area contributed by atoms with Gasteiger partial charge in [-0.1, -0.05) is 24.3 Å². The fourth-order valence-electron chi connectivity index (χ4n) is 1.88. The van der Waals surface area contributed by atoms with E-state index in [4.69, 9.17) is 0 Å². The summed E-state index contributed by atoms with van der Waals surface area (Å²) >= 11 is 0. The molecule has 1 aromatic carbocycles. The molecule has 0 aliphatic rings. The molecule has 3 rings (SSSR count). The zero-order valence-electron chi connectivity index (χ0n) is 10.2. The summed E-state index contributed by atoms with van der Waals surface area (Å²) in [4.78, 5) is 8.14. The van der Waals surface area contributed by atoms with Crippen LogP contribution >= 0.6 is 0 Å². The highest BCUT2D eigenvalue weighted by molar-refractivity contribution is 5.78. The first-order valence-electron chi connectivity index (χ1n) is 6.01. The van der Waals surface area contributed by atoms with Crippen LogP contribution in [0.2, 0.25) is 0 Å². The van der Waals surface area contributed by atoms with Gasteiger partial charge in [-0.25, -0.2) is 4.98 Å². The molecule has 2 heterocycles. The Bertz CT molecular complexity index is 695. The number of anilines is 1. The van der Waals surface area contributed by atoms with Crippen LogP contribution in [0.3, 0.4) is 0 Å². The average Bonchev–Trinajstić information content (AvgIpc) is 2.46. The number of rotatable bonds is 3. The molecular weight excluding hydrogens is 241 g/mol. The van der Waals surface area contributed by atoms with Gasteiger partial charge in [-0.3, -0.25) is 4.98 Å². The molecule has 0 fully saturated rings. The van der Waals surface area contributed by atoms with Crippen LogP contribution in [-0.4, -0.2) is 9.97 Å². The van der Waals surface area contributed by atoms with Gasteiger partial charge in [0.15, 0.2) is 0 Å². The third kappa shape index (κ3) is 2.68. The summed E-state index contributed by atoms with van der Waals surface area (Å²) < 4.78 is 12.7. The second-order valence-electron chi connectivity index (χ2n) is 4.22. The van der Waals surface area contributed by atoms with Crippen LogP contribution in [0.4, 0.5) is 10.1 Å². The summed E-state index contributed by atoms with van der Waals surface area (Å²) in [6.45, 7) is 0.581. The number of hydrogen-bond donors (Lipinski definition) is 1. The van der Waals surface area contributed by atoms with E-state index >= 15 is 0 Å². The summed E-state index contributed by atoms with van der Waals surface area (Å²) in [7, 11) is 0. The highest BCUT2D eigenvalue weighted by Crippen LogP contribution is 2.13. The number of nitrogens with one attached hydrogen (secondary N) is 1. The average molecular weight is 253 g/mol. The molecule has 1 N–H and O–H groups in total. The number of nitrogens with zero attached hydrogens (tertiary/aromatic N) is 2. The second-order valence-corrected chi connectivity index (χ2v) is 4.22. The van der Waals surface area contributed by atoms with Crippen molar-refractivity contribution >= 4 is 16.6 Å². The first-order chi connectivity index (χ1) is 9.31. The summed E-state index contributed by atoms with van der Waals surface area (Å²) in [5.74, 6) is -0.477. The molecule has 0 spiro atoms. The lowest BCUT2D eigenvalue weighted by Gasteiger charge is -2.06. The molecule has 0 bridgehead atoms. The Balaban J connectivity index is 1.76. The zero-order valence-corrected chi connectivity index (χ0v) is 10.2. The topological polar surface area (TPSA) is 37.8 Å². The monoisotopic (exact) mass is 253 g/mol. The molecule has 3 aromatic rings. The number of hydrogen-bond acceptors (Lipinski definition) is 3. The maximum absolute atomic E-state index is 12.7. The van der Waals surface area contributed by atoms with E-state index in [0.29, 0.717) is 6.54 Å². The number of benzene rings is 1. The van der Waals surface area contributed by atoms with Gasteiger partial charge in [0.2, 0.25) is 5.95 Å². The summed E-state index contributed by atoms with van der Waals surface area (Å²) in [6, 6.07) is 15.0. The first kappa shape index (κ1) is 11.6. The lowest BCUT2D eigenvalue weighted by Crippen LogP contribution is -2.02. The van der Waals surface area contributed by atoms with Gasteiger partial charge in [0.25, 0.3) is 0 Å². The van der Waals surface area contributed by atoms with Crippen LogP contribution in [0.25, 0.3) is 10.9 Å². The van der Waals surface area contributed by atoms with Crippen LogP contribution in [0.15, 0.2) is 54.7 Å². The molecule has 3 nitrogen and oxygen atoms in total. The van der Waals surface area contributed by atoms with Crippen molar-refractivity contribution in [1.82, 2.24) is 9.97 Å². The Kier molecular flexibility index (Phi) is 3.06. The molecule has 0 unspecified atom stereocenters. The van der Waals surface area contributed by atoms with Crippen molar-refractivity contribution in [1.29, 1.82) is 0 Å². The van der Waals surface area contributed by atoms with Gasteiger partial charge in [-0.2, -0.15) is 4.39 Å². The maximum atomic E-state index is 12.7. The van der Waals surface area contributed by atoms with E-state index < -0.39 is 5.95 Å². The molecule has 0 saturated carbocycles. The number of fused-ring (bicyclic) bond motifs is 1. The molecule has 0 amide bonds. The van der Waals surface area contributed by atoms with E-state index in [1.54, 1.807) is 6.07 Å². The highest BCUT2D eigenvalue weighted by Gasteiger charge is 1.99. The lowest BCUT2D eigenvalue weighted by molar-refractivity contribution is 0.584. The second kappa shape index (κ2) is 5.02. The zero-order chi connectivity index (χ0) is 13.1. The molecule has 0 aliphatic heterocycles. The Morgan fingerprint density at radius 2 is 1.89 bits per heavy atom. The minimum atomic E-state index is -0.477. The smallest absolute Gasteiger partial charge is 0.212 e. The molecule has 19 heavy (non-hydrogen) atoms. The van der Waals surface area contributed by atoms with Crippen molar-refractivity contribution in [3.05, 3.63) is 66.4 Å². The fourth-order valence-corrected chi connectivity index (χ4v) is 1.88. The van der Waals surface area contributed by atoms with Crippen molar-refractivity contribution in [2.24, 2.45) is 0 Å². The molecule has 2 aromatic heterocycles. The van der Waals surface area contributed by atoms with Gasteiger partial charge in [-0.05, 0) is 24.3 Å². The van der Waals surface area contributed by atoms with Crippen molar-refractivity contribution in [3.8, 4) is 0 Å². The van der Waals surface area contributed by atoms with E-state index in [2.05, 4.69) is 15.3 Å². The van der Waals surface area contributed by atoms with Gasteiger partial charge < -0.3 is 5.32 Å². The van der Waals surface area contributed by atoms with E-state index in [0.717, 1.165) is 22.3 Å². The Hall–Kier alpha value is -2.49. The Morgan fingerprint density at radius 3 is 2.74 bits per heavy atom. The van der Waals surface area contributed by atoms with Gasteiger partial charge in [-0.15, -0.1) is 0 Å². The van der Waals surface area contributed by atoms with E-state index in [1.165, 1.54) is 12.3 Å². The van der Waals surface area contributed by atoms with Crippen molar-refractivity contribution in [3.63, 3.8) is 0 Å². The third-order valence-corrected chi connectivity index (χ3v) is 2.86. The number of halogens is 1. The third-order valence-electron chi connectivity index (χ3n) is 2.86. The Labute approximate surface area is 110 Å². The molecule has 0 radical (unpaired) electrons. The van der Waals surface area contributed by atoms with Crippen LogP contribution in [-0.2, 0) is 6.54 Å². The van der Waals surface area contributed by atoms with Gasteiger partial charge in [0.05, 0.1) is 29.6 Å². The lowest BCUT2D eigenvalue weighted by atomic mass is 10.2. The normalized spacial score (nSPS) is 10.6. The molecular formula is C15H12FN3. The minimum Gasteiger partial charge on any atom is -0.378 e. The largest absolute Gasteiger partial charge is 0.378 e. The molecule has 4 heteroatoms. The quantitative estimate of drug-likeness (QED) is 0.727. The predicted molar refractivity (Wildman–Crippen MR) is 73.3 cm³/mol. The SMILES string of the molecule is Fc1ccc(NCc2ccc3ccccc3n2)cn1. The molecule has 94 valence electrons. The van der Waals surface area contributed by atoms with E-state index in [9.17, 15) is 4.39 Å². The van der Waals surface area contributed by atoms with E-state index in [1.807, 2.05) is 36.4 Å². The number of para-hydroxylation sites is 1. The van der Waals surface area contributed by atoms with Gasteiger partial charge >= 0.3 is 0 Å². The van der Waals surface area contributed by atoms with E-state index in [-0.39, 0.29) is 0 Å². The summed E-state index contributed by atoms with van der Waals surface area (Å²) in [6.07, 6.45) is 1.47. The predicted octanol–water partition coefficient (Wildman–Crippen LogP) is 3.38. The van der Waals surface area contributed by atoms with Crippen molar-refractivity contribution < 1.29 is 4.39 Å². The Morgan fingerprint density at radius 1 is 1.00 bits per heavy atom. The van der Waals surface area contributed by atoms with Crippen LogP contribution in [0.5, 0.6) is 0 Å². The number of pyridine rings is 2. The molecule has 0 aliphatic carbocycles. The van der Waals surface area contributed by atoms with Crippen molar-refractivity contribution in [2.45, 2.75) is 6.54 Å². The molecule has 0 atom stereocenters. The molecule has 0 saturated heterocycles. The van der Waals surface area contributed by atoms with Gasteiger partial charge in [0.1, 0.15) is 0 Å². The fraction of sp³-hybridized carbons (Fsp3) is 0.0667. The van der Waals surface area contributed by atoms with Crippen LogP contribution in [0.1, 0.15) is 5.69 Å². The maximum Gasteiger partial charge on any atom is 0.212 e. The minimum absolute atomic E-state index is 0.477. The standard InChI is InChI=1S/C15H12FN3/c16-15-8-7-12(9-18-15)17-10-13-6-5-11-3-1-2-4-14(11)19-13/h1-9,17H,10H2.